The number of phenolic OH excluding ortho intramolecular Hbond substituents is 1. The summed E-state index contributed by atoms with van der Waals surface area (Å²) in [5.41, 5.74) is 2.24. The van der Waals surface area contributed by atoms with Crippen molar-refractivity contribution >= 4 is 29.0 Å². The second-order valence-corrected chi connectivity index (χ2v) is 11.0. The van der Waals surface area contributed by atoms with Crippen molar-refractivity contribution in [3.63, 3.8) is 0 Å². The van der Waals surface area contributed by atoms with E-state index in [-0.39, 0.29) is 42.1 Å². The molecule has 1 aromatic rings. The van der Waals surface area contributed by atoms with Crippen LogP contribution in [0.1, 0.15) is 34.3 Å². The molecular weight excluding hydrogens is 501 g/mol. The number of ether oxygens (including phenoxy) is 1. The number of nitrogens with one attached hydrogen (secondary N) is 1. The molecule has 0 spiro atoms. The molecule has 11 nitrogen and oxygen atoms in total. The fraction of sp³-hybridized carbons (Fsp3) is 0.577. The van der Waals surface area contributed by atoms with Crippen LogP contribution in [-0.4, -0.2) is 89.1 Å². The minimum absolute atomic E-state index is 0.0285. The first kappa shape index (κ1) is 26.5. The van der Waals surface area contributed by atoms with Crippen molar-refractivity contribution in [3.05, 3.63) is 28.6 Å². The van der Waals surface area contributed by atoms with E-state index in [1.165, 1.54) is 19.0 Å². The molecule has 12 heteroatoms. The second-order valence-electron chi connectivity index (χ2n) is 11.0. The highest BCUT2D eigenvalue weighted by molar-refractivity contribution is 6.32. The van der Waals surface area contributed by atoms with Gasteiger partial charge in [0.2, 0.25) is 5.91 Å². The van der Waals surface area contributed by atoms with Gasteiger partial charge in [0.05, 0.1) is 24.1 Å². The molecule has 2 unspecified atom stereocenters. The average molecular weight is 532 g/mol. The number of benzene rings is 1. The molecule has 5 N–H and O–H groups in total. The van der Waals surface area contributed by atoms with Crippen LogP contribution in [-0.2, 0) is 36.9 Å². The number of primary amides is 1. The Morgan fingerprint density at radius 1 is 1.26 bits per heavy atom. The van der Waals surface area contributed by atoms with Crippen molar-refractivity contribution in [2.24, 2.45) is 29.4 Å². The number of aliphatic hydroxyl groups is 1. The van der Waals surface area contributed by atoms with Gasteiger partial charge in [-0.25, -0.2) is 4.39 Å². The molecule has 1 amide bonds. The average Bonchev–Trinajstić information content (AvgIpc) is 3.36. The fourth-order valence-corrected chi connectivity index (χ4v) is 6.79. The van der Waals surface area contributed by atoms with Gasteiger partial charge in [0.25, 0.3) is 0 Å². The lowest BCUT2D eigenvalue weighted by Crippen LogP contribution is -2.74. The van der Waals surface area contributed by atoms with Crippen LogP contribution in [0.5, 0.6) is 5.75 Å². The molecule has 7 atom stereocenters. The van der Waals surface area contributed by atoms with Crippen molar-refractivity contribution < 1.29 is 43.3 Å². The summed E-state index contributed by atoms with van der Waals surface area (Å²) in [6, 6.07) is -0.0462. The van der Waals surface area contributed by atoms with Crippen molar-refractivity contribution in [1.29, 1.82) is 0 Å². The number of fused-ring (bicyclic) bond motifs is 3. The number of halogens is 1. The van der Waals surface area contributed by atoms with Crippen LogP contribution < -0.4 is 11.1 Å². The summed E-state index contributed by atoms with van der Waals surface area (Å²) in [5, 5.41) is 25.4. The van der Waals surface area contributed by atoms with Crippen LogP contribution in [0.2, 0.25) is 0 Å². The second kappa shape index (κ2) is 9.30. The first-order valence-corrected chi connectivity index (χ1v) is 12.6. The smallest absolute Gasteiger partial charge is 0.235 e. The number of nitrogens with zero attached hydrogens (tertiary/aromatic N) is 1. The van der Waals surface area contributed by atoms with Gasteiger partial charge in [-0.05, 0) is 45.3 Å². The van der Waals surface area contributed by atoms with Gasteiger partial charge in [0.1, 0.15) is 11.6 Å². The van der Waals surface area contributed by atoms with Crippen molar-refractivity contribution in [2.75, 3.05) is 27.3 Å². The van der Waals surface area contributed by atoms with E-state index in [9.17, 15) is 34.2 Å². The Bertz CT molecular complexity index is 1260. The molecule has 5 rings (SSSR count). The number of nitrogens with two attached hydrogens (primary N) is 1. The van der Waals surface area contributed by atoms with Gasteiger partial charge < -0.3 is 26.0 Å². The van der Waals surface area contributed by atoms with Gasteiger partial charge in [0.15, 0.2) is 34.7 Å². The molecule has 1 aromatic carbocycles. The zero-order chi connectivity index (χ0) is 27.7. The summed E-state index contributed by atoms with van der Waals surface area (Å²) < 4.78 is 21.0. The van der Waals surface area contributed by atoms with Gasteiger partial charge in [-0.1, -0.05) is 0 Å². The molecule has 0 aromatic heterocycles. The summed E-state index contributed by atoms with van der Waals surface area (Å²) >= 11 is 0. The van der Waals surface area contributed by atoms with E-state index >= 15 is 4.39 Å². The molecule has 3 fully saturated rings. The Kier molecular flexibility index (Phi) is 6.49. The van der Waals surface area contributed by atoms with E-state index in [0.29, 0.717) is 13.2 Å². The third-order valence-electron chi connectivity index (χ3n) is 8.58. The van der Waals surface area contributed by atoms with E-state index in [1.807, 2.05) is 0 Å². The number of amides is 1. The molecule has 3 aliphatic carbocycles. The number of hydrogen-bond donors (Lipinski definition) is 4. The van der Waals surface area contributed by atoms with E-state index in [0.717, 1.165) is 12.5 Å². The molecule has 1 saturated heterocycles. The molecule has 1 aliphatic heterocycles. The summed E-state index contributed by atoms with van der Waals surface area (Å²) in [6.45, 7) is 1.16. The van der Waals surface area contributed by atoms with Crippen molar-refractivity contribution in [2.45, 2.75) is 43.5 Å². The Labute approximate surface area is 217 Å². The Balaban J connectivity index is 1.54. The van der Waals surface area contributed by atoms with Crippen LogP contribution in [0.4, 0.5) is 4.39 Å². The van der Waals surface area contributed by atoms with Gasteiger partial charge in [-0.15, -0.1) is 0 Å². The van der Waals surface area contributed by atoms with Gasteiger partial charge in [-0.3, -0.25) is 28.9 Å². The Hall–Kier alpha value is -3.06. The number of rotatable bonds is 5. The quantitative estimate of drug-likeness (QED) is 0.341. The standard InChI is InChI=1S/C26H30FN3O8/c1-30(2)20-14-6-10-5-13-17(15(31)7-11(19(13)27)8-29-12-3-4-38-9-12)21(32)16(10)23(34)26(14,37)24(35)18(22(20)33)25(28)36/h7,10,12,14,16,18,20,29,31,37H,3-6,8-9H2,1-2H3,(H2,28,36)/t10-,12+,14-,16?,18?,20-,26-/m0/s1. The maximum Gasteiger partial charge on any atom is 0.235 e. The minimum atomic E-state index is -2.81. The van der Waals surface area contributed by atoms with Crippen molar-refractivity contribution in [1.82, 2.24) is 10.2 Å². The minimum Gasteiger partial charge on any atom is -0.507 e. The molecule has 0 radical (unpaired) electrons. The number of carbonyl (C=O) groups is 5. The first-order chi connectivity index (χ1) is 17.9. The third-order valence-corrected chi connectivity index (χ3v) is 8.58. The fourth-order valence-electron chi connectivity index (χ4n) is 6.79. The molecular formula is C26H30FN3O8. The van der Waals surface area contributed by atoms with E-state index in [2.05, 4.69) is 5.32 Å². The monoisotopic (exact) mass is 531 g/mol. The number of likely N-dealkylation sites (N-methyl/N-ethyl adjacent to an activating group) is 1. The van der Waals surface area contributed by atoms with Crippen molar-refractivity contribution in [3.8, 4) is 5.75 Å². The lowest BCUT2D eigenvalue weighted by molar-refractivity contribution is -0.181. The zero-order valence-corrected chi connectivity index (χ0v) is 21.0. The number of phenols is 1. The Morgan fingerprint density at radius 3 is 2.58 bits per heavy atom. The zero-order valence-electron chi connectivity index (χ0n) is 21.0. The van der Waals surface area contributed by atoms with Gasteiger partial charge in [0, 0.05) is 36.2 Å². The lowest BCUT2D eigenvalue weighted by Gasteiger charge is -2.52. The topological polar surface area (TPSA) is 176 Å². The highest BCUT2D eigenvalue weighted by Gasteiger charge is 2.69. The molecule has 1 heterocycles. The van der Waals surface area contributed by atoms with Crippen LogP contribution in [0.15, 0.2) is 6.07 Å². The summed E-state index contributed by atoms with van der Waals surface area (Å²) in [6.07, 6.45) is 0.506. The van der Waals surface area contributed by atoms with Crippen LogP contribution >= 0.6 is 0 Å². The summed E-state index contributed by atoms with van der Waals surface area (Å²) in [7, 11) is 3.00. The number of Topliss-reactive ketones (excluding diaryl/α,β-unsaturated/α-hetero) is 4. The SMILES string of the molecule is CN(C)[C@@H]1C(=O)C(C(N)=O)C(=O)[C@@]2(O)C(=O)C3C(=O)c4c(O)cc(CN[C@@H]5CCOC5)c(F)c4C[C@H]3C[C@@H]12. The molecule has 38 heavy (non-hydrogen) atoms. The van der Waals surface area contributed by atoms with Crippen LogP contribution in [0.3, 0.4) is 0 Å². The van der Waals surface area contributed by atoms with Crippen LogP contribution in [0.25, 0.3) is 0 Å². The third kappa shape index (κ3) is 3.73. The molecule has 2 saturated carbocycles. The number of ketones is 4. The Morgan fingerprint density at radius 2 is 1.97 bits per heavy atom. The van der Waals surface area contributed by atoms with E-state index in [4.69, 9.17) is 10.5 Å². The number of aromatic hydroxyl groups is 1. The lowest BCUT2D eigenvalue weighted by atomic mass is 9.52. The maximum atomic E-state index is 15.7. The summed E-state index contributed by atoms with van der Waals surface area (Å²) in [4.78, 5) is 67.1. The normalized spacial score (nSPS) is 34.8. The molecule has 4 aliphatic rings. The highest BCUT2D eigenvalue weighted by Crippen LogP contribution is 2.51. The molecule has 0 bridgehead atoms. The highest BCUT2D eigenvalue weighted by atomic mass is 19.1. The number of carbonyl (C=O) groups excluding carboxylic acids is 5. The first-order valence-electron chi connectivity index (χ1n) is 12.6. The summed E-state index contributed by atoms with van der Waals surface area (Å²) in [5.74, 6) is -12.4. The van der Waals surface area contributed by atoms with Gasteiger partial charge >= 0.3 is 0 Å². The largest absolute Gasteiger partial charge is 0.507 e. The van der Waals surface area contributed by atoms with Crippen LogP contribution in [0, 0.1) is 29.5 Å². The van der Waals surface area contributed by atoms with Gasteiger partial charge in [-0.2, -0.15) is 0 Å². The molecule has 204 valence electrons. The number of hydrogen-bond acceptors (Lipinski definition) is 10. The maximum absolute atomic E-state index is 15.7. The predicted molar refractivity (Wildman–Crippen MR) is 127 cm³/mol. The van der Waals surface area contributed by atoms with E-state index < -0.39 is 75.9 Å². The van der Waals surface area contributed by atoms with E-state index in [1.54, 1.807) is 0 Å². The predicted octanol–water partition coefficient (Wildman–Crippen LogP) is -1.12.